The average molecular weight is 369 g/mol. The summed E-state index contributed by atoms with van der Waals surface area (Å²) in [7, 11) is 0. The molecule has 0 amide bonds. The minimum absolute atomic E-state index is 0.153. The minimum atomic E-state index is 0.153. The molecule has 0 aromatic heterocycles. The summed E-state index contributed by atoms with van der Waals surface area (Å²) in [5.74, 6) is 0.831. The number of thiocarbonyl (C=S) groups is 1. The molecule has 0 unspecified atom stereocenters. The number of hydrogen-bond acceptors (Lipinski definition) is 2. The van der Waals surface area contributed by atoms with Crippen LogP contribution in [0.4, 0.5) is 5.69 Å². The molecule has 0 fully saturated rings. The van der Waals surface area contributed by atoms with Gasteiger partial charge in [-0.25, -0.2) is 0 Å². The zero-order valence-electron chi connectivity index (χ0n) is 12.9. The quantitative estimate of drug-likeness (QED) is 0.704. The average Bonchev–Trinajstić information content (AvgIpc) is 2.48. The molecule has 0 aliphatic heterocycles. The third-order valence-electron chi connectivity index (χ3n) is 2.94. The van der Waals surface area contributed by atoms with Gasteiger partial charge in [-0.05, 0) is 68.0 Å². The highest BCUT2D eigenvalue weighted by Crippen LogP contribution is 2.21. The van der Waals surface area contributed by atoms with E-state index in [2.05, 4.69) is 10.6 Å². The summed E-state index contributed by atoms with van der Waals surface area (Å²) in [5, 5.41) is 7.98. The molecule has 2 aromatic rings. The first-order valence-corrected chi connectivity index (χ1v) is 8.36. The van der Waals surface area contributed by atoms with E-state index in [-0.39, 0.29) is 6.10 Å². The van der Waals surface area contributed by atoms with Gasteiger partial charge in [0.15, 0.2) is 5.11 Å². The second-order valence-electron chi connectivity index (χ2n) is 5.23. The molecule has 0 bridgehead atoms. The van der Waals surface area contributed by atoms with Gasteiger partial charge < -0.3 is 15.4 Å². The van der Waals surface area contributed by atoms with Crippen molar-refractivity contribution in [2.45, 2.75) is 26.5 Å². The van der Waals surface area contributed by atoms with E-state index in [1.165, 1.54) is 0 Å². The topological polar surface area (TPSA) is 33.3 Å². The summed E-state index contributed by atoms with van der Waals surface area (Å²) in [6.07, 6.45) is 0.153. The van der Waals surface area contributed by atoms with Crippen LogP contribution in [-0.2, 0) is 6.54 Å². The Morgan fingerprint density at radius 3 is 2.43 bits per heavy atom. The Kier molecular flexibility index (Phi) is 6.51. The number of anilines is 1. The fraction of sp³-hybridized carbons (Fsp3) is 0.235. The lowest BCUT2D eigenvalue weighted by Crippen LogP contribution is -2.27. The molecular weight excluding hydrogens is 351 g/mol. The molecule has 0 aliphatic rings. The third kappa shape index (κ3) is 5.90. The molecule has 2 N–H and O–H groups in total. The van der Waals surface area contributed by atoms with Crippen LogP contribution in [0.1, 0.15) is 19.4 Å². The predicted molar refractivity (Wildman–Crippen MR) is 102 cm³/mol. The number of nitrogens with one attached hydrogen (secondary N) is 2. The largest absolute Gasteiger partial charge is 0.491 e. The van der Waals surface area contributed by atoms with Crippen LogP contribution in [-0.4, -0.2) is 11.2 Å². The van der Waals surface area contributed by atoms with Crippen molar-refractivity contribution in [2.24, 2.45) is 0 Å². The Balaban J connectivity index is 1.87. The fourth-order valence-electron chi connectivity index (χ4n) is 1.90. The van der Waals surface area contributed by atoms with E-state index in [1.807, 2.05) is 44.2 Å². The first-order valence-electron chi connectivity index (χ1n) is 7.19. The smallest absolute Gasteiger partial charge is 0.171 e. The van der Waals surface area contributed by atoms with Gasteiger partial charge in [-0.3, -0.25) is 0 Å². The van der Waals surface area contributed by atoms with Crippen LogP contribution < -0.4 is 15.4 Å². The van der Waals surface area contributed by atoms with Gasteiger partial charge in [0.05, 0.1) is 6.10 Å². The van der Waals surface area contributed by atoms with E-state index < -0.39 is 0 Å². The van der Waals surface area contributed by atoms with Crippen LogP contribution >= 0.6 is 35.4 Å². The highest BCUT2D eigenvalue weighted by molar-refractivity contribution is 7.80. The second-order valence-corrected chi connectivity index (χ2v) is 6.49. The summed E-state index contributed by atoms with van der Waals surface area (Å²) < 4.78 is 5.60. The summed E-state index contributed by atoms with van der Waals surface area (Å²) in [6.45, 7) is 4.51. The van der Waals surface area contributed by atoms with Gasteiger partial charge in [-0.15, -0.1) is 0 Å². The summed E-state index contributed by atoms with van der Waals surface area (Å²) in [6, 6.07) is 13.0. The van der Waals surface area contributed by atoms with E-state index in [1.54, 1.807) is 12.1 Å². The zero-order chi connectivity index (χ0) is 16.8. The highest BCUT2D eigenvalue weighted by Gasteiger charge is 2.03. The van der Waals surface area contributed by atoms with Crippen molar-refractivity contribution in [1.29, 1.82) is 0 Å². The van der Waals surface area contributed by atoms with Crippen molar-refractivity contribution in [2.75, 3.05) is 5.32 Å². The van der Waals surface area contributed by atoms with Crippen molar-refractivity contribution in [3.63, 3.8) is 0 Å². The SMILES string of the molecule is CC(C)Oc1ccc(NC(=S)NCc2ccc(Cl)cc2Cl)cc1. The molecule has 0 saturated heterocycles. The molecule has 0 spiro atoms. The van der Waals surface area contributed by atoms with Gasteiger partial charge in [-0.1, -0.05) is 29.3 Å². The molecule has 0 radical (unpaired) electrons. The van der Waals surface area contributed by atoms with Crippen molar-refractivity contribution in [3.8, 4) is 5.75 Å². The van der Waals surface area contributed by atoms with Gasteiger partial charge in [0.2, 0.25) is 0 Å². The maximum Gasteiger partial charge on any atom is 0.171 e. The van der Waals surface area contributed by atoms with E-state index in [9.17, 15) is 0 Å². The number of rotatable bonds is 5. The Bertz CT molecular complexity index is 675. The fourth-order valence-corrected chi connectivity index (χ4v) is 2.57. The summed E-state index contributed by atoms with van der Waals surface area (Å²) >= 11 is 17.3. The van der Waals surface area contributed by atoms with Crippen molar-refractivity contribution < 1.29 is 4.74 Å². The number of benzene rings is 2. The van der Waals surface area contributed by atoms with E-state index in [0.29, 0.717) is 21.7 Å². The normalized spacial score (nSPS) is 10.5. The van der Waals surface area contributed by atoms with Crippen LogP contribution in [0.25, 0.3) is 0 Å². The molecule has 0 aliphatic carbocycles. The third-order valence-corrected chi connectivity index (χ3v) is 3.77. The molecule has 0 saturated carbocycles. The maximum absolute atomic E-state index is 6.13. The standard InChI is InChI=1S/C17H18Cl2N2OS/c1-11(2)22-15-7-5-14(6-8-15)21-17(23)20-10-12-3-4-13(18)9-16(12)19/h3-9,11H,10H2,1-2H3,(H2,20,21,23). The van der Waals surface area contributed by atoms with Gasteiger partial charge >= 0.3 is 0 Å². The molecule has 3 nitrogen and oxygen atoms in total. The Hall–Kier alpha value is -1.49. The molecule has 6 heteroatoms. The van der Waals surface area contributed by atoms with Crippen molar-refractivity contribution in [3.05, 3.63) is 58.1 Å². The van der Waals surface area contributed by atoms with Crippen LogP contribution in [0.5, 0.6) is 5.75 Å². The maximum atomic E-state index is 6.13. The lowest BCUT2D eigenvalue weighted by atomic mass is 10.2. The van der Waals surface area contributed by atoms with Gasteiger partial charge in [0.25, 0.3) is 0 Å². The van der Waals surface area contributed by atoms with Crippen molar-refractivity contribution in [1.82, 2.24) is 5.32 Å². The van der Waals surface area contributed by atoms with Crippen molar-refractivity contribution >= 4 is 46.2 Å². The van der Waals surface area contributed by atoms with E-state index in [0.717, 1.165) is 17.0 Å². The molecule has 122 valence electrons. The Labute approximate surface area is 151 Å². The predicted octanol–water partition coefficient (Wildman–Crippen LogP) is 5.27. The van der Waals surface area contributed by atoms with E-state index in [4.69, 9.17) is 40.2 Å². The van der Waals surface area contributed by atoms with Crippen LogP contribution in [0.3, 0.4) is 0 Å². The molecule has 2 rings (SSSR count). The molecular formula is C17H18Cl2N2OS. The number of halogens is 2. The van der Waals surface area contributed by atoms with Crippen LogP contribution in [0, 0.1) is 0 Å². The van der Waals surface area contributed by atoms with Crippen LogP contribution in [0.15, 0.2) is 42.5 Å². The molecule has 23 heavy (non-hydrogen) atoms. The van der Waals surface area contributed by atoms with E-state index >= 15 is 0 Å². The monoisotopic (exact) mass is 368 g/mol. The van der Waals surface area contributed by atoms with Gasteiger partial charge in [0.1, 0.15) is 5.75 Å². The van der Waals surface area contributed by atoms with Gasteiger partial charge in [-0.2, -0.15) is 0 Å². The lowest BCUT2D eigenvalue weighted by Gasteiger charge is -2.13. The van der Waals surface area contributed by atoms with Gasteiger partial charge in [0, 0.05) is 22.3 Å². The van der Waals surface area contributed by atoms with Crippen LogP contribution in [0.2, 0.25) is 10.0 Å². The molecule has 2 aromatic carbocycles. The second kappa shape index (κ2) is 8.39. The zero-order valence-corrected chi connectivity index (χ0v) is 15.2. The molecule has 0 atom stereocenters. The Morgan fingerprint density at radius 2 is 1.83 bits per heavy atom. The first kappa shape index (κ1) is 17.9. The summed E-state index contributed by atoms with van der Waals surface area (Å²) in [4.78, 5) is 0. The molecule has 0 heterocycles. The number of ether oxygens (including phenoxy) is 1. The lowest BCUT2D eigenvalue weighted by molar-refractivity contribution is 0.242. The minimum Gasteiger partial charge on any atom is -0.491 e. The highest BCUT2D eigenvalue weighted by atomic mass is 35.5. The first-order chi connectivity index (χ1) is 10.9. The Morgan fingerprint density at radius 1 is 1.13 bits per heavy atom. The summed E-state index contributed by atoms with van der Waals surface area (Å²) in [5.41, 5.74) is 1.82. The number of hydrogen-bond donors (Lipinski definition) is 2.